The van der Waals surface area contributed by atoms with Crippen molar-refractivity contribution in [2.24, 2.45) is 16.1 Å². The third-order valence-corrected chi connectivity index (χ3v) is 0.870. The first-order valence-electron chi connectivity index (χ1n) is 3.60. The van der Waals surface area contributed by atoms with Gasteiger partial charge in [0.15, 0.2) is 0 Å². The van der Waals surface area contributed by atoms with E-state index >= 15 is 0 Å². The molecule has 0 bridgehead atoms. The summed E-state index contributed by atoms with van der Waals surface area (Å²) in [4.78, 5) is 0. The highest BCUT2D eigenvalue weighted by Gasteiger charge is 1.87. The first-order valence-corrected chi connectivity index (χ1v) is 3.60. The Kier molecular flexibility index (Phi) is 5.48. The number of rotatable bonds is 4. The van der Waals surface area contributed by atoms with Crippen molar-refractivity contribution in [3.8, 4) is 0 Å². The molecule has 0 aliphatic carbocycles. The van der Waals surface area contributed by atoms with Gasteiger partial charge in [0, 0.05) is 0 Å². The summed E-state index contributed by atoms with van der Waals surface area (Å²) >= 11 is 0. The van der Waals surface area contributed by atoms with Crippen molar-refractivity contribution in [1.82, 2.24) is 0 Å². The molecule has 0 aromatic rings. The van der Waals surface area contributed by atoms with Gasteiger partial charge in [-0.15, -0.1) is 0 Å². The molecule has 0 rings (SSSR count). The van der Waals surface area contributed by atoms with E-state index in [9.17, 15) is 0 Å². The van der Waals surface area contributed by atoms with Crippen molar-refractivity contribution < 1.29 is 0 Å². The molecule has 0 saturated carbocycles. The van der Waals surface area contributed by atoms with Crippen LogP contribution >= 0.6 is 0 Å². The Morgan fingerprint density at radius 2 is 1.89 bits per heavy atom. The van der Waals surface area contributed by atoms with Gasteiger partial charge in [-0.25, -0.2) is 0 Å². The van der Waals surface area contributed by atoms with E-state index in [-0.39, 0.29) is 0 Å². The van der Waals surface area contributed by atoms with Crippen LogP contribution in [-0.2, 0) is 0 Å². The third-order valence-electron chi connectivity index (χ3n) is 0.870. The Balaban J connectivity index is 3.04. The molecular formula is C7H16N2. The van der Waals surface area contributed by atoms with Gasteiger partial charge in [0.25, 0.3) is 0 Å². The molecule has 0 spiro atoms. The molecule has 0 aromatic heterocycles. The van der Waals surface area contributed by atoms with E-state index in [2.05, 4.69) is 31.0 Å². The minimum absolute atomic E-state index is 0.644. The summed E-state index contributed by atoms with van der Waals surface area (Å²) in [5, 5.41) is 7.94. The summed E-state index contributed by atoms with van der Waals surface area (Å²) < 4.78 is 0. The molecule has 0 atom stereocenters. The molecule has 0 aliphatic heterocycles. The van der Waals surface area contributed by atoms with Gasteiger partial charge >= 0.3 is 0 Å². The predicted molar refractivity (Wildman–Crippen MR) is 39.7 cm³/mol. The van der Waals surface area contributed by atoms with Crippen molar-refractivity contribution in [1.29, 1.82) is 0 Å². The highest BCUT2D eigenvalue weighted by atomic mass is 15.1. The second kappa shape index (κ2) is 5.73. The predicted octanol–water partition coefficient (Wildman–Crippen LogP) is 2.50. The molecule has 0 aliphatic rings. The summed E-state index contributed by atoms with van der Waals surface area (Å²) in [7, 11) is 0. The highest BCUT2D eigenvalue weighted by Crippen LogP contribution is 1.92. The number of hydrogen-bond acceptors (Lipinski definition) is 2. The van der Waals surface area contributed by atoms with Gasteiger partial charge in [-0.05, 0) is 12.3 Å². The van der Waals surface area contributed by atoms with Gasteiger partial charge in [0.1, 0.15) is 0 Å². The van der Waals surface area contributed by atoms with Gasteiger partial charge in [0.05, 0.1) is 13.1 Å². The van der Waals surface area contributed by atoms with Crippen molar-refractivity contribution in [2.75, 3.05) is 13.1 Å². The Hall–Kier alpha value is -0.400. The van der Waals surface area contributed by atoms with E-state index in [1.165, 1.54) is 0 Å². The van der Waals surface area contributed by atoms with Crippen LogP contribution in [0.2, 0.25) is 0 Å². The molecule has 0 amide bonds. The van der Waals surface area contributed by atoms with E-state index in [0.29, 0.717) is 5.92 Å². The zero-order chi connectivity index (χ0) is 7.11. The average Bonchev–Trinajstić information content (AvgIpc) is 1.80. The summed E-state index contributed by atoms with van der Waals surface area (Å²) in [5.74, 6) is 0.644. The Bertz CT molecular complexity index is 77.0. The smallest absolute Gasteiger partial charge is 0.0621 e. The first-order chi connectivity index (χ1) is 4.27. The lowest BCUT2D eigenvalue weighted by molar-refractivity contribution is 0.633. The Labute approximate surface area is 57.4 Å². The fraction of sp³-hybridized carbons (Fsp3) is 1.00. The largest absolute Gasteiger partial charge is 0.194 e. The molecule has 0 saturated heterocycles. The van der Waals surface area contributed by atoms with Gasteiger partial charge in [-0.2, -0.15) is 10.2 Å². The summed E-state index contributed by atoms with van der Waals surface area (Å²) in [6.07, 6.45) is 1.10. The minimum atomic E-state index is 0.644. The van der Waals surface area contributed by atoms with Crippen LogP contribution in [0.4, 0.5) is 0 Å². The lowest BCUT2D eigenvalue weighted by atomic mass is 10.2. The topological polar surface area (TPSA) is 24.7 Å². The molecule has 0 aromatic carbocycles. The van der Waals surface area contributed by atoms with Gasteiger partial charge < -0.3 is 0 Å². The van der Waals surface area contributed by atoms with E-state index in [4.69, 9.17) is 0 Å². The van der Waals surface area contributed by atoms with Gasteiger partial charge in [0.2, 0.25) is 0 Å². The van der Waals surface area contributed by atoms with Crippen LogP contribution in [0.25, 0.3) is 0 Å². The first kappa shape index (κ1) is 8.60. The fourth-order valence-corrected chi connectivity index (χ4v) is 0.392. The maximum atomic E-state index is 3.99. The molecule has 0 unspecified atom stereocenters. The number of nitrogens with zero attached hydrogens (tertiary/aromatic N) is 2. The van der Waals surface area contributed by atoms with Gasteiger partial charge in [-0.1, -0.05) is 20.8 Å². The lowest BCUT2D eigenvalue weighted by Crippen LogP contribution is -1.90. The fourth-order valence-electron chi connectivity index (χ4n) is 0.392. The molecule has 2 heteroatoms. The third kappa shape index (κ3) is 7.60. The van der Waals surface area contributed by atoms with Crippen LogP contribution in [0.1, 0.15) is 27.2 Å². The van der Waals surface area contributed by atoms with E-state index in [1.54, 1.807) is 0 Å². The van der Waals surface area contributed by atoms with Crippen LogP contribution in [-0.4, -0.2) is 13.1 Å². The maximum Gasteiger partial charge on any atom is 0.0621 e. The summed E-state index contributed by atoms with van der Waals surface area (Å²) in [6.45, 7) is 8.15. The molecule has 2 nitrogen and oxygen atoms in total. The zero-order valence-electron chi connectivity index (χ0n) is 6.59. The molecule has 0 radical (unpaired) electrons. The molecule has 0 heterocycles. The molecule has 9 heavy (non-hydrogen) atoms. The quantitative estimate of drug-likeness (QED) is 0.520. The van der Waals surface area contributed by atoms with Crippen molar-refractivity contribution in [2.45, 2.75) is 27.2 Å². The van der Waals surface area contributed by atoms with Crippen LogP contribution < -0.4 is 0 Å². The summed E-state index contributed by atoms with van der Waals surface area (Å²) in [5.41, 5.74) is 0. The normalized spacial score (nSPS) is 11.6. The molecule has 0 N–H and O–H groups in total. The van der Waals surface area contributed by atoms with Crippen molar-refractivity contribution in [3.63, 3.8) is 0 Å². The molecular weight excluding hydrogens is 112 g/mol. The maximum absolute atomic E-state index is 3.99. The van der Waals surface area contributed by atoms with Crippen LogP contribution in [0.15, 0.2) is 10.2 Å². The van der Waals surface area contributed by atoms with E-state index < -0.39 is 0 Å². The van der Waals surface area contributed by atoms with Crippen molar-refractivity contribution >= 4 is 0 Å². The second-order valence-electron chi connectivity index (χ2n) is 2.58. The second-order valence-corrected chi connectivity index (χ2v) is 2.58. The number of azo groups is 1. The molecule has 0 fully saturated rings. The van der Waals surface area contributed by atoms with E-state index in [0.717, 1.165) is 19.5 Å². The standard InChI is InChI=1S/C7H16N2/c1-4-5-8-9-6-7(2)3/h7H,4-6H2,1-3H3. The van der Waals surface area contributed by atoms with E-state index in [1.807, 2.05) is 0 Å². The van der Waals surface area contributed by atoms with Gasteiger partial charge in [-0.3, -0.25) is 0 Å². The zero-order valence-corrected chi connectivity index (χ0v) is 6.59. The average molecular weight is 128 g/mol. The minimum Gasteiger partial charge on any atom is -0.194 e. The molecule has 54 valence electrons. The SMILES string of the molecule is CCCN=NCC(C)C. The Morgan fingerprint density at radius 1 is 1.22 bits per heavy atom. The summed E-state index contributed by atoms with van der Waals surface area (Å²) in [6, 6.07) is 0. The monoisotopic (exact) mass is 128 g/mol. The number of hydrogen-bond donors (Lipinski definition) is 0. The van der Waals surface area contributed by atoms with Crippen LogP contribution in [0.5, 0.6) is 0 Å². The Morgan fingerprint density at radius 3 is 2.33 bits per heavy atom. The highest BCUT2D eigenvalue weighted by molar-refractivity contribution is 4.44. The van der Waals surface area contributed by atoms with Crippen molar-refractivity contribution in [3.05, 3.63) is 0 Å². The lowest BCUT2D eigenvalue weighted by Gasteiger charge is -1.94. The van der Waals surface area contributed by atoms with Crippen LogP contribution in [0.3, 0.4) is 0 Å². The van der Waals surface area contributed by atoms with Crippen LogP contribution in [0, 0.1) is 5.92 Å².